The minimum Gasteiger partial charge on any atom is -0.459 e. The molecule has 0 N–H and O–H groups in total. The highest BCUT2D eigenvalue weighted by atomic mass is 32.1. The predicted octanol–water partition coefficient (Wildman–Crippen LogP) is 6.06. The molecule has 0 aliphatic carbocycles. The molecule has 0 bridgehead atoms. The number of fused-ring (bicyclic) bond motifs is 1. The van der Waals surface area contributed by atoms with E-state index >= 15 is 0 Å². The van der Waals surface area contributed by atoms with Gasteiger partial charge in [0.25, 0.3) is 0 Å². The Labute approximate surface area is 177 Å². The molecule has 2 heterocycles. The monoisotopic (exact) mass is 415 g/mol. The van der Waals surface area contributed by atoms with Crippen LogP contribution in [0, 0.1) is 10.1 Å². The Morgan fingerprint density at radius 3 is 2.00 bits per heavy atom. The second-order valence-electron chi connectivity index (χ2n) is 6.91. The Bertz CT molecular complexity index is 1150. The number of nitro groups is 1. The highest BCUT2D eigenvalue weighted by molar-refractivity contribution is 7.15. The van der Waals surface area contributed by atoms with Crippen molar-refractivity contribution in [1.29, 1.82) is 0 Å². The van der Waals surface area contributed by atoms with Gasteiger partial charge < -0.3 is 9.47 Å². The van der Waals surface area contributed by atoms with Gasteiger partial charge in [-0.25, -0.2) is 0 Å². The average molecular weight is 415 g/mol. The van der Waals surface area contributed by atoms with Crippen LogP contribution >= 0.6 is 11.3 Å². The van der Waals surface area contributed by atoms with Gasteiger partial charge in [0.15, 0.2) is 5.60 Å². The molecule has 1 aromatic heterocycles. The van der Waals surface area contributed by atoms with Crippen LogP contribution in [0.1, 0.15) is 27.9 Å². The van der Waals surface area contributed by atoms with E-state index in [0.29, 0.717) is 10.6 Å². The van der Waals surface area contributed by atoms with Crippen molar-refractivity contribution in [2.45, 2.75) is 11.9 Å². The van der Waals surface area contributed by atoms with Gasteiger partial charge in [0, 0.05) is 11.6 Å². The van der Waals surface area contributed by atoms with E-state index in [0.717, 1.165) is 28.0 Å². The lowest BCUT2D eigenvalue weighted by Gasteiger charge is -2.43. The third-order valence-corrected chi connectivity index (χ3v) is 6.23. The molecule has 0 radical (unpaired) electrons. The standard InChI is InChI=1S/C24H17NO4S/c26-25(27)22-16-15-21(30-22)23-28-20-14-8-7-13-19(20)24(29-23,17-9-3-1-4-10-17)18-11-5-2-6-12-18/h1-16,23H. The van der Waals surface area contributed by atoms with Crippen LogP contribution in [0.25, 0.3) is 0 Å². The summed E-state index contributed by atoms with van der Waals surface area (Å²) in [4.78, 5) is 11.4. The van der Waals surface area contributed by atoms with Gasteiger partial charge in [-0.2, -0.15) is 0 Å². The van der Waals surface area contributed by atoms with E-state index in [2.05, 4.69) is 0 Å². The summed E-state index contributed by atoms with van der Waals surface area (Å²) < 4.78 is 12.9. The molecule has 6 heteroatoms. The van der Waals surface area contributed by atoms with Crippen LogP contribution in [0.5, 0.6) is 5.75 Å². The van der Waals surface area contributed by atoms with Crippen LogP contribution < -0.4 is 4.74 Å². The Balaban J connectivity index is 1.74. The normalized spacial score (nSPS) is 17.0. The zero-order valence-electron chi connectivity index (χ0n) is 15.8. The molecule has 4 aromatic rings. The van der Waals surface area contributed by atoms with E-state index in [-0.39, 0.29) is 5.00 Å². The maximum atomic E-state index is 11.2. The maximum absolute atomic E-state index is 11.2. The van der Waals surface area contributed by atoms with Crippen molar-refractivity contribution in [2.24, 2.45) is 0 Å². The molecule has 3 aromatic carbocycles. The van der Waals surface area contributed by atoms with E-state index < -0.39 is 16.8 Å². The van der Waals surface area contributed by atoms with E-state index in [1.54, 1.807) is 6.07 Å². The SMILES string of the molecule is O=[N+]([O-])c1ccc(C2Oc3ccccc3C(c3ccccc3)(c3ccccc3)O2)s1. The lowest BCUT2D eigenvalue weighted by molar-refractivity contribution is -0.380. The molecule has 30 heavy (non-hydrogen) atoms. The first-order chi connectivity index (χ1) is 14.7. The second kappa shape index (κ2) is 7.40. The quantitative estimate of drug-likeness (QED) is 0.300. The molecule has 5 rings (SSSR count). The van der Waals surface area contributed by atoms with E-state index in [9.17, 15) is 10.1 Å². The highest BCUT2D eigenvalue weighted by Gasteiger charge is 2.46. The molecule has 0 amide bonds. The first-order valence-electron chi connectivity index (χ1n) is 9.47. The Morgan fingerprint density at radius 2 is 1.40 bits per heavy atom. The summed E-state index contributed by atoms with van der Waals surface area (Å²) in [7, 11) is 0. The number of nitrogens with zero attached hydrogens (tertiary/aromatic N) is 1. The number of hydrogen-bond acceptors (Lipinski definition) is 5. The molecule has 1 unspecified atom stereocenters. The van der Waals surface area contributed by atoms with Gasteiger partial charge in [-0.15, -0.1) is 0 Å². The van der Waals surface area contributed by atoms with Gasteiger partial charge in [0.2, 0.25) is 6.29 Å². The fourth-order valence-electron chi connectivity index (χ4n) is 3.87. The zero-order chi connectivity index (χ0) is 20.6. The number of thiophene rings is 1. The van der Waals surface area contributed by atoms with Gasteiger partial charge in [-0.3, -0.25) is 10.1 Å². The van der Waals surface area contributed by atoms with Crippen LogP contribution in [-0.2, 0) is 10.3 Å². The molecule has 0 saturated carbocycles. The van der Waals surface area contributed by atoms with Gasteiger partial charge in [-0.05, 0) is 23.3 Å². The molecule has 1 aliphatic heterocycles. The maximum Gasteiger partial charge on any atom is 0.324 e. The molecule has 0 saturated heterocycles. The van der Waals surface area contributed by atoms with Crippen LogP contribution in [-0.4, -0.2) is 4.92 Å². The summed E-state index contributed by atoms with van der Waals surface area (Å²) >= 11 is 1.06. The van der Waals surface area contributed by atoms with E-state index in [4.69, 9.17) is 9.47 Å². The van der Waals surface area contributed by atoms with Crippen LogP contribution in [0.4, 0.5) is 5.00 Å². The first-order valence-corrected chi connectivity index (χ1v) is 10.3. The number of para-hydroxylation sites is 1. The zero-order valence-corrected chi connectivity index (χ0v) is 16.6. The molecule has 1 atom stereocenters. The van der Waals surface area contributed by atoms with Crippen LogP contribution in [0.3, 0.4) is 0 Å². The van der Waals surface area contributed by atoms with Crippen molar-refractivity contribution in [1.82, 2.24) is 0 Å². The Morgan fingerprint density at radius 1 is 0.800 bits per heavy atom. The molecule has 5 nitrogen and oxygen atoms in total. The number of ether oxygens (including phenoxy) is 2. The average Bonchev–Trinajstić information content (AvgIpc) is 3.30. The predicted molar refractivity (Wildman–Crippen MR) is 115 cm³/mol. The van der Waals surface area contributed by atoms with Crippen molar-refractivity contribution < 1.29 is 14.4 Å². The molecule has 0 fully saturated rings. The van der Waals surface area contributed by atoms with Crippen molar-refractivity contribution in [3.05, 3.63) is 129 Å². The van der Waals surface area contributed by atoms with Crippen molar-refractivity contribution in [3.63, 3.8) is 0 Å². The number of rotatable bonds is 4. The molecular weight excluding hydrogens is 398 g/mol. The van der Waals surface area contributed by atoms with Crippen LogP contribution in [0.15, 0.2) is 97.1 Å². The van der Waals surface area contributed by atoms with Crippen molar-refractivity contribution >= 4 is 16.3 Å². The molecule has 0 spiro atoms. The van der Waals surface area contributed by atoms with Gasteiger partial charge in [-0.1, -0.05) is 90.2 Å². The topological polar surface area (TPSA) is 61.6 Å². The fraction of sp³-hybridized carbons (Fsp3) is 0.0833. The van der Waals surface area contributed by atoms with Crippen LogP contribution in [0.2, 0.25) is 0 Å². The number of hydrogen-bond donors (Lipinski definition) is 0. The molecule has 148 valence electrons. The van der Waals surface area contributed by atoms with E-state index in [1.807, 2.05) is 84.9 Å². The van der Waals surface area contributed by atoms with Crippen molar-refractivity contribution in [2.75, 3.05) is 0 Å². The number of benzene rings is 3. The third-order valence-electron chi connectivity index (χ3n) is 5.17. The second-order valence-corrected chi connectivity index (χ2v) is 8.00. The Hall–Kier alpha value is -3.48. The van der Waals surface area contributed by atoms with Gasteiger partial charge in [0.05, 0.1) is 9.80 Å². The summed E-state index contributed by atoms with van der Waals surface area (Å²) in [5, 5.41) is 11.3. The summed E-state index contributed by atoms with van der Waals surface area (Å²) in [6, 6.07) is 30.9. The first kappa shape index (κ1) is 18.5. The van der Waals surface area contributed by atoms with Crippen molar-refractivity contribution in [3.8, 4) is 5.75 Å². The minimum absolute atomic E-state index is 0.0566. The summed E-state index contributed by atoms with van der Waals surface area (Å²) in [5.74, 6) is 0.692. The summed E-state index contributed by atoms with van der Waals surface area (Å²) in [6.45, 7) is 0. The summed E-state index contributed by atoms with van der Waals surface area (Å²) in [5.41, 5.74) is 1.90. The summed E-state index contributed by atoms with van der Waals surface area (Å²) in [6.07, 6.45) is -0.779. The largest absolute Gasteiger partial charge is 0.459 e. The van der Waals surface area contributed by atoms with E-state index in [1.165, 1.54) is 6.07 Å². The fourth-order valence-corrected chi connectivity index (χ4v) is 4.65. The highest BCUT2D eigenvalue weighted by Crippen LogP contribution is 2.52. The Kier molecular flexibility index (Phi) is 4.58. The molecule has 1 aliphatic rings. The molecular formula is C24H17NO4S. The lowest BCUT2D eigenvalue weighted by Crippen LogP contribution is -2.39. The smallest absolute Gasteiger partial charge is 0.324 e. The minimum atomic E-state index is -0.916. The van der Waals surface area contributed by atoms with Gasteiger partial charge in [0.1, 0.15) is 5.75 Å². The lowest BCUT2D eigenvalue weighted by atomic mass is 9.79. The third kappa shape index (κ3) is 2.98. The van der Waals surface area contributed by atoms with Gasteiger partial charge >= 0.3 is 5.00 Å².